The first kappa shape index (κ1) is 16.3. The molecular weight excluding hydrogens is 302 g/mol. The molecule has 5 heteroatoms. The molecule has 1 aromatic carbocycles. The van der Waals surface area contributed by atoms with E-state index >= 15 is 0 Å². The van der Waals surface area contributed by atoms with Crippen molar-refractivity contribution in [1.29, 1.82) is 0 Å². The maximum Gasteiger partial charge on any atom is 0.254 e. The number of carbonyl (C=O) groups excluding carboxylic acids is 1. The maximum atomic E-state index is 12.9. The molecule has 0 aliphatic carbocycles. The van der Waals surface area contributed by atoms with Crippen LogP contribution in [0, 0.1) is 0 Å². The van der Waals surface area contributed by atoms with Gasteiger partial charge in [0.2, 0.25) is 0 Å². The Labute approximate surface area is 142 Å². The van der Waals surface area contributed by atoms with Gasteiger partial charge in [-0.15, -0.1) is 0 Å². The van der Waals surface area contributed by atoms with Crippen molar-refractivity contribution in [2.24, 2.45) is 7.05 Å². The molecule has 1 aliphatic heterocycles. The largest absolute Gasteiger partial charge is 0.378 e. The summed E-state index contributed by atoms with van der Waals surface area (Å²) in [7, 11) is 5.70. The van der Waals surface area contributed by atoms with Crippen LogP contribution in [0.4, 0.5) is 5.69 Å². The first-order chi connectivity index (χ1) is 11.5. The van der Waals surface area contributed by atoms with Crippen molar-refractivity contribution in [2.75, 3.05) is 25.5 Å². The van der Waals surface area contributed by atoms with Crippen LogP contribution in [0.3, 0.4) is 0 Å². The average molecular weight is 325 g/mol. The highest BCUT2D eigenvalue weighted by Gasteiger charge is 2.30. The Bertz CT molecular complexity index is 810. The van der Waals surface area contributed by atoms with Crippen LogP contribution < -0.4 is 10.5 Å². The second-order valence-electron chi connectivity index (χ2n) is 6.51. The van der Waals surface area contributed by atoms with Crippen molar-refractivity contribution >= 4 is 11.6 Å². The van der Waals surface area contributed by atoms with Gasteiger partial charge in [-0.2, -0.15) is 0 Å². The number of carbonyl (C=O) groups is 1. The summed E-state index contributed by atoms with van der Waals surface area (Å²) < 4.78 is 1.47. The Hall–Kier alpha value is -2.56. The highest BCUT2D eigenvalue weighted by atomic mass is 16.2. The third-order valence-electron chi connectivity index (χ3n) is 4.64. The summed E-state index contributed by atoms with van der Waals surface area (Å²) in [6.45, 7) is 0.727. The van der Waals surface area contributed by atoms with E-state index in [2.05, 4.69) is 23.1 Å². The minimum absolute atomic E-state index is 0.0644. The molecule has 0 bridgehead atoms. The third kappa shape index (κ3) is 3.07. The van der Waals surface area contributed by atoms with Crippen LogP contribution in [0.2, 0.25) is 0 Å². The van der Waals surface area contributed by atoms with Gasteiger partial charge in [0.1, 0.15) is 0 Å². The summed E-state index contributed by atoms with van der Waals surface area (Å²) in [6.07, 6.45) is 3.58. The molecule has 1 amide bonds. The van der Waals surface area contributed by atoms with Gasteiger partial charge < -0.3 is 14.4 Å². The van der Waals surface area contributed by atoms with Gasteiger partial charge in [-0.25, -0.2) is 0 Å². The second-order valence-corrected chi connectivity index (χ2v) is 6.51. The molecule has 1 aromatic heterocycles. The molecule has 0 unspecified atom stereocenters. The molecule has 2 aromatic rings. The monoisotopic (exact) mass is 325 g/mol. The van der Waals surface area contributed by atoms with E-state index in [-0.39, 0.29) is 17.5 Å². The maximum absolute atomic E-state index is 12.9. The van der Waals surface area contributed by atoms with E-state index in [4.69, 9.17) is 0 Å². The first-order valence-corrected chi connectivity index (χ1v) is 8.22. The molecule has 1 fully saturated rings. The fourth-order valence-electron chi connectivity index (χ4n) is 3.21. The van der Waals surface area contributed by atoms with Crippen molar-refractivity contribution in [3.63, 3.8) is 0 Å². The molecule has 2 heterocycles. The Kier molecular flexibility index (Phi) is 4.42. The number of anilines is 1. The number of nitrogens with zero attached hydrogens (tertiary/aromatic N) is 3. The van der Waals surface area contributed by atoms with Gasteiger partial charge in [-0.05, 0) is 36.6 Å². The third-order valence-corrected chi connectivity index (χ3v) is 4.64. The van der Waals surface area contributed by atoms with E-state index in [0.717, 1.165) is 30.6 Å². The summed E-state index contributed by atoms with van der Waals surface area (Å²) in [5.74, 6) is -0.0644. The van der Waals surface area contributed by atoms with Gasteiger partial charge in [-0.3, -0.25) is 9.59 Å². The smallest absolute Gasteiger partial charge is 0.254 e. The zero-order chi connectivity index (χ0) is 17.3. The van der Waals surface area contributed by atoms with E-state index in [0.29, 0.717) is 5.56 Å². The molecule has 0 saturated carbocycles. The number of aromatic nitrogens is 1. The zero-order valence-corrected chi connectivity index (χ0v) is 14.4. The Morgan fingerprint density at radius 1 is 1.21 bits per heavy atom. The van der Waals surface area contributed by atoms with Crippen LogP contribution in [0.1, 0.15) is 34.8 Å². The molecule has 0 spiro atoms. The average Bonchev–Trinajstić information content (AvgIpc) is 3.06. The number of amides is 1. The number of hydrogen-bond donors (Lipinski definition) is 0. The lowest BCUT2D eigenvalue weighted by molar-refractivity contribution is 0.0735. The number of pyridine rings is 1. The van der Waals surface area contributed by atoms with E-state index < -0.39 is 0 Å². The molecule has 0 N–H and O–H groups in total. The quantitative estimate of drug-likeness (QED) is 0.871. The van der Waals surface area contributed by atoms with Gasteiger partial charge in [0.05, 0.1) is 6.04 Å². The lowest BCUT2D eigenvalue weighted by Gasteiger charge is -2.26. The van der Waals surface area contributed by atoms with Crippen molar-refractivity contribution in [3.8, 4) is 0 Å². The Morgan fingerprint density at radius 2 is 2.00 bits per heavy atom. The predicted octanol–water partition coefficient (Wildman–Crippen LogP) is 2.43. The van der Waals surface area contributed by atoms with Gasteiger partial charge in [0.15, 0.2) is 0 Å². The number of benzene rings is 1. The fraction of sp³-hybridized carbons (Fsp3) is 0.368. The van der Waals surface area contributed by atoms with Crippen molar-refractivity contribution in [2.45, 2.75) is 18.9 Å². The number of likely N-dealkylation sites (tertiary alicyclic amines) is 1. The van der Waals surface area contributed by atoms with E-state index in [9.17, 15) is 9.59 Å². The number of aryl methyl sites for hydroxylation is 1. The molecule has 1 atom stereocenters. The molecule has 24 heavy (non-hydrogen) atoms. The highest BCUT2D eigenvalue weighted by Crippen LogP contribution is 2.34. The Balaban J connectivity index is 1.90. The zero-order valence-electron chi connectivity index (χ0n) is 14.4. The minimum Gasteiger partial charge on any atom is -0.378 e. The van der Waals surface area contributed by atoms with Crippen molar-refractivity contribution in [3.05, 3.63) is 64.1 Å². The molecular formula is C19H23N3O2. The van der Waals surface area contributed by atoms with Crippen molar-refractivity contribution in [1.82, 2.24) is 9.47 Å². The molecule has 3 rings (SSSR count). The van der Waals surface area contributed by atoms with Crippen molar-refractivity contribution < 1.29 is 4.79 Å². The molecule has 0 radical (unpaired) electrons. The topological polar surface area (TPSA) is 45.5 Å². The summed E-state index contributed by atoms with van der Waals surface area (Å²) in [4.78, 5) is 28.7. The summed E-state index contributed by atoms with van der Waals surface area (Å²) in [6, 6.07) is 11.5. The minimum atomic E-state index is -0.161. The number of rotatable bonds is 3. The lowest BCUT2D eigenvalue weighted by Crippen LogP contribution is -2.31. The summed E-state index contributed by atoms with van der Waals surface area (Å²) >= 11 is 0. The first-order valence-electron chi connectivity index (χ1n) is 8.22. The van der Waals surface area contributed by atoms with Gasteiger partial charge in [-0.1, -0.05) is 12.1 Å². The van der Waals surface area contributed by atoms with Crippen LogP contribution in [-0.4, -0.2) is 36.0 Å². The SMILES string of the molecule is CN(C)c1cccc([C@@H]2CCCN2C(=O)c2ccn(C)c(=O)c2)c1. The van der Waals surface area contributed by atoms with Crippen LogP contribution in [0.15, 0.2) is 47.4 Å². The normalized spacial score (nSPS) is 17.1. The van der Waals surface area contributed by atoms with E-state index in [1.54, 1.807) is 19.3 Å². The van der Waals surface area contributed by atoms with Gasteiger partial charge in [0.25, 0.3) is 11.5 Å². The van der Waals surface area contributed by atoms with E-state index in [1.807, 2.05) is 25.1 Å². The standard InChI is InChI=1S/C19H23N3O2/c1-20(2)16-7-4-6-14(12-16)17-8-5-10-22(17)19(24)15-9-11-21(3)18(23)13-15/h4,6-7,9,11-13,17H,5,8,10H2,1-3H3/t17-/m0/s1. The Morgan fingerprint density at radius 3 is 2.71 bits per heavy atom. The van der Waals surface area contributed by atoms with Crippen LogP contribution in [0.5, 0.6) is 0 Å². The fourth-order valence-corrected chi connectivity index (χ4v) is 3.21. The lowest BCUT2D eigenvalue weighted by atomic mass is 10.0. The summed E-state index contributed by atoms with van der Waals surface area (Å²) in [5, 5.41) is 0. The van der Waals surface area contributed by atoms with Crippen LogP contribution >= 0.6 is 0 Å². The van der Waals surface area contributed by atoms with Gasteiger partial charge in [0, 0.05) is 51.2 Å². The molecule has 1 aliphatic rings. The van der Waals surface area contributed by atoms with Gasteiger partial charge >= 0.3 is 0 Å². The highest BCUT2D eigenvalue weighted by molar-refractivity contribution is 5.94. The molecule has 126 valence electrons. The van der Waals surface area contributed by atoms with Crippen LogP contribution in [0.25, 0.3) is 0 Å². The number of hydrogen-bond acceptors (Lipinski definition) is 3. The van der Waals surface area contributed by atoms with E-state index in [1.165, 1.54) is 10.6 Å². The predicted molar refractivity (Wildman–Crippen MR) is 95.5 cm³/mol. The molecule has 1 saturated heterocycles. The molecule has 5 nitrogen and oxygen atoms in total. The second kappa shape index (κ2) is 6.51. The summed E-state index contributed by atoms with van der Waals surface area (Å²) in [5.41, 5.74) is 2.58. The van der Waals surface area contributed by atoms with Crippen LogP contribution in [-0.2, 0) is 7.05 Å².